The van der Waals surface area contributed by atoms with Crippen molar-refractivity contribution in [3.8, 4) is 11.5 Å². The first kappa shape index (κ1) is 17.5. The molecule has 2 aromatic rings. The highest BCUT2D eigenvalue weighted by Gasteiger charge is 2.27. The average molecular weight is 338 g/mol. The molecule has 132 valence electrons. The number of ether oxygens (including phenoxy) is 2. The van der Waals surface area contributed by atoms with E-state index in [1.54, 1.807) is 14.2 Å². The minimum atomic E-state index is 0.966. The topological polar surface area (TPSA) is 21.5 Å². The Kier molecular flexibility index (Phi) is 4.85. The molecule has 25 heavy (non-hydrogen) atoms. The largest absolute Gasteiger partial charge is 0.496 e. The molecule has 0 aromatic heterocycles. The van der Waals surface area contributed by atoms with E-state index in [9.17, 15) is 0 Å². The summed E-state index contributed by atoms with van der Waals surface area (Å²) in [6.07, 6.45) is 3.41. The monoisotopic (exact) mass is 338 g/mol. The first-order valence-electron chi connectivity index (χ1n) is 8.89. The van der Waals surface area contributed by atoms with E-state index in [1.807, 2.05) is 0 Å². The molecule has 1 aliphatic rings. The fraction of sp³-hybridized carbons (Fsp3) is 0.409. The summed E-state index contributed by atoms with van der Waals surface area (Å²) in [4.78, 5) is 0. The highest BCUT2D eigenvalue weighted by molar-refractivity contribution is 6.01. The predicted octanol–water partition coefficient (Wildman–Crippen LogP) is 4.73. The van der Waals surface area contributed by atoms with Gasteiger partial charge in [0.25, 0.3) is 0 Å². The Hall–Kier alpha value is -2.29. The highest BCUT2D eigenvalue weighted by atomic mass is 16.5. The van der Waals surface area contributed by atoms with Crippen molar-refractivity contribution < 1.29 is 14.0 Å². The SMILES string of the molecule is COc1ccc2c(c1C)/C(=[N+](\C)c1cc(C)c(OC)c(C)c1)CCC2. The van der Waals surface area contributed by atoms with Crippen LogP contribution >= 0.6 is 0 Å². The van der Waals surface area contributed by atoms with Gasteiger partial charge in [-0.1, -0.05) is 6.07 Å². The molecule has 3 nitrogen and oxygen atoms in total. The molecule has 3 heteroatoms. The van der Waals surface area contributed by atoms with Gasteiger partial charge in [-0.3, -0.25) is 0 Å². The number of aryl methyl sites for hydroxylation is 3. The summed E-state index contributed by atoms with van der Waals surface area (Å²) in [6, 6.07) is 8.74. The zero-order valence-corrected chi connectivity index (χ0v) is 16.2. The predicted molar refractivity (Wildman–Crippen MR) is 103 cm³/mol. The van der Waals surface area contributed by atoms with E-state index in [-0.39, 0.29) is 0 Å². The molecule has 0 aliphatic heterocycles. The molecule has 0 saturated carbocycles. The van der Waals surface area contributed by atoms with Crippen LogP contribution in [0, 0.1) is 20.8 Å². The van der Waals surface area contributed by atoms with Crippen molar-refractivity contribution in [3.63, 3.8) is 0 Å². The Morgan fingerprint density at radius 3 is 2.20 bits per heavy atom. The second kappa shape index (κ2) is 6.91. The van der Waals surface area contributed by atoms with Crippen molar-refractivity contribution in [1.82, 2.24) is 0 Å². The zero-order valence-electron chi connectivity index (χ0n) is 16.2. The lowest BCUT2D eigenvalue weighted by Gasteiger charge is -2.20. The van der Waals surface area contributed by atoms with E-state index in [1.165, 1.54) is 45.6 Å². The lowest BCUT2D eigenvalue weighted by molar-refractivity contribution is -0.406. The van der Waals surface area contributed by atoms with Gasteiger partial charge in [0, 0.05) is 24.1 Å². The minimum Gasteiger partial charge on any atom is -0.496 e. The quantitative estimate of drug-likeness (QED) is 0.755. The molecule has 0 heterocycles. The van der Waals surface area contributed by atoms with Crippen LogP contribution in [0.3, 0.4) is 0 Å². The number of hydrogen-bond donors (Lipinski definition) is 0. The molecule has 0 N–H and O–H groups in total. The summed E-state index contributed by atoms with van der Waals surface area (Å²) in [5.41, 5.74) is 8.95. The Balaban J connectivity index is 2.20. The molecule has 0 atom stereocenters. The van der Waals surface area contributed by atoms with Crippen molar-refractivity contribution in [1.29, 1.82) is 0 Å². The average Bonchev–Trinajstić information content (AvgIpc) is 2.60. The van der Waals surface area contributed by atoms with Crippen LogP contribution in [0.15, 0.2) is 24.3 Å². The number of methoxy groups -OCH3 is 2. The van der Waals surface area contributed by atoms with Crippen LogP contribution in [0.4, 0.5) is 5.69 Å². The van der Waals surface area contributed by atoms with E-state index in [0.717, 1.165) is 24.3 Å². The Bertz CT molecular complexity index is 826. The maximum Gasteiger partial charge on any atom is 0.205 e. The van der Waals surface area contributed by atoms with Crippen LogP contribution in [0.2, 0.25) is 0 Å². The maximum absolute atomic E-state index is 5.56. The van der Waals surface area contributed by atoms with Gasteiger partial charge < -0.3 is 9.47 Å². The second-order valence-electron chi connectivity index (χ2n) is 6.90. The smallest absolute Gasteiger partial charge is 0.205 e. The normalized spacial score (nSPS) is 15.6. The standard InChI is InChI=1S/C22H28NO2/c1-14-12-18(13-15(2)22(14)25-6)23(4)19-9-7-8-17-10-11-20(24-5)16(3)21(17)19/h10-13H,7-9H2,1-6H3/q+1/b23-19+. The molecule has 2 aromatic carbocycles. The van der Waals surface area contributed by atoms with Crippen molar-refractivity contribution in [3.05, 3.63) is 52.1 Å². The molecule has 0 amide bonds. The summed E-state index contributed by atoms with van der Waals surface area (Å²) < 4.78 is 13.4. The molecular weight excluding hydrogens is 310 g/mol. The lowest BCUT2D eigenvalue weighted by Crippen LogP contribution is -2.22. The van der Waals surface area contributed by atoms with Gasteiger partial charge in [-0.2, -0.15) is 4.58 Å². The molecule has 0 spiro atoms. The zero-order chi connectivity index (χ0) is 18.1. The summed E-state index contributed by atoms with van der Waals surface area (Å²) in [6.45, 7) is 6.38. The molecule has 1 aliphatic carbocycles. The maximum atomic E-state index is 5.56. The summed E-state index contributed by atoms with van der Waals surface area (Å²) in [5.74, 6) is 1.94. The van der Waals surface area contributed by atoms with E-state index >= 15 is 0 Å². The fourth-order valence-electron chi connectivity index (χ4n) is 4.09. The first-order valence-corrected chi connectivity index (χ1v) is 8.89. The van der Waals surface area contributed by atoms with Gasteiger partial charge in [0.1, 0.15) is 18.5 Å². The molecule has 0 fully saturated rings. The third-order valence-corrected chi connectivity index (χ3v) is 5.31. The second-order valence-corrected chi connectivity index (χ2v) is 6.90. The van der Waals surface area contributed by atoms with Gasteiger partial charge in [-0.25, -0.2) is 0 Å². The van der Waals surface area contributed by atoms with Crippen LogP contribution in [-0.2, 0) is 6.42 Å². The third kappa shape index (κ3) is 3.04. The number of nitrogens with zero attached hydrogens (tertiary/aromatic N) is 1. The van der Waals surface area contributed by atoms with Gasteiger partial charge in [-0.05, 0) is 56.4 Å². The van der Waals surface area contributed by atoms with Gasteiger partial charge in [-0.15, -0.1) is 0 Å². The Labute approximate surface area is 150 Å². The summed E-state index contributed by atoms with van der Waals surface area (Å²) >= 11 is 0. The van der Waals surface area contributed by atoms with Crippen LogP contribution in [0.5, 0.6) is 11.5 Å². The van der Waals surface area contributed by atoms with Gasteiger partial charge in [0.2, 0.25) is 5.69 Å². The van der Waals surface area contributed by atoms with E-state index in [2.05, 4.69) is 56.7 Å². The van der Waals surface area contributed by atoms with E-state index < -0.39 is 0 Å². The Morgan fingerprint density at radius 2 is 1.60 bits per heavy atom. The van der Waals surface area contributed by atoms with E-state index in [0.29, 0.717) is 0 Å². The molecule has 0 saturated heterocycles. The number of hydrogen-bond acceptors (Lipinski definition) is 2. The van der Waals surface area contributed by atoms with Crippen LogP contribution in [0.25, 0.3) is 0 Å². The third-order valence-electron chi connectivity index (χ3n) is 5.31. The summed E-state index contributed by atoms with van der Waals surface area (Å²) in [7, 11) is 5.65. The molecule has 0 unspecified atom stereocenters. The van der Waals surface area contributed by atoms with Crippen LogP contribution < -0.4 is 9.47 Å². The minimum absolute atomic E-state index is 0.966. The van der Waals surface area contributed by atoms with E-state index in [4.69, 9.17) is 9.47 Å². The van der Waals surface area contributed by atoms with Crippen molar-refractivity contribution in [2.24, 2.45) is 0 Å². The van der Waals surface area contributed by atoms with Gasteiger partial charge >= 0.3 is 0 Å². The lowest BCUT2D eigenvalue weighted by atomic mass is 9.86. The number of benzene rings is 2. The van der Waals surface area contributed by atoms with Crippen LogP contribution in [0.1, 0.15) is 40.7 Å². The van der Waals surface area contributed by atoms with Crippen molar-refractivity contribution in [2.45, 2.75) is 40.0 Å². The van der Waals surface area contributed by atoms with Crippen molar-refractivity contribution >= 4 is 11.4 Å². The Morgan fingerprint density at radius 1 is 0.920 bits per heavy atom. The first-order chi connectivity index (χ1) is 12.0. The molecule has 0 radical (unpaired) electrons. The van der Waals surface area contributed by atoms with Crippen molar-refractivity contribution in [2.75, 3.05) is 21.3 Å². The number of fused-ring (bicyclic) bond motifs is 1. The molecule has 3 rings (SSSR count). The summed E-state index contributed by atoms with van der Waals surface area (Å²) in [5, 5.41) is 0. The number of rotatable bonds is 3. The highest BCUT2D eigenvalue weighted by Crippen LogP contribution is 2.33. The fourth-order valence-corrected chi connectivity index (χ4v) is 4.09. The molecule has 0 bridgehead atoms. The van der Waals surface area contributed by atoms with Gasteiger partial charge in [0.05, 0.1) is 19.8 Å². The molecular formula is C22H28NO2+. The van der Waals surface area contributed by atoms with Crippen LogP contribution in [-0.4, -0.2) is 31.6 Å². The van der Waals surface area contributed by atoms with Gasteiger partial charge in [0.15, 0.2) is 5.71 Å².